The van der Waals surface area contributed by atoms with E-state index < -0.39 is 0 Å². The van der Waals surface area contributed by atoms with Crippen LogP contribution in [-0.4, -0.2) is 5.78 Å². The Kier molecular flexibility index (Phi) is 4.12. The molecule has 0 atom stereocenters. The number of hydrogen-bond acceptors (Lipinski definition) is 2. The van der Waals surface area contributed by atoms with Crippen molar-refractivity contribution in [2.75, 3.05) is 0 Å². The highest BCUT2D eigenvalue weighted by atomic mass is 16.1. The third-order valence-electron chi connectivity index (χ3n) is 3.17. The van der Waals surface area contributed by atoms with Crippen molar-refractivity contribution in [3.63, 3.8) is 0 Å². The number of carbonyl (C=O) groups excluding carboxylic acids is 1. The highest BCUT2D eigenvalue weighted by Gasteiger charge is 1.98. The van der Waals surface area contributed by atoms with E-state index in [1.54, 1.807) is 6.92 Å². The molecule has 0 bridgehead atoms. The van der Waals surface area contributed by atoms with E-state index in [0.29, 0.717) is 11.1 Å². The molecule has 2 nitrogen and oxygen atoms in total. The first-order valence-corrected chi connectivity index (χ1v) is 6.40. The number of nitrogens with zero attached hydrogens (tertiary/aromatic N) is 1. The zero-order chi connectivity index (χ0) is 14.5. The standard InChI is InChI=1S/C18H15NO/c1-13-3-4-16(11-18(13)12-19)6-5-15-7-9-17(10-8-15)14(2)20/h3-11H,1-2H3. The Morgan fingerprint density at radius 1 is 1.05 bits per heavy atom. The van der Waals surface area contributed by atoms with Crippen LogP contribution in [0.3, 0.4) is 0 Å². The van der Waals surface area contributed by atoms with Crippen molar-refractivity contribution in [1.29, 1.82) is 5.26 Å². The first-order chi connectivity index (χ1) is 9.60. The van der Waals surface area contributed by atoms with Gasteiger partial charge in [-0.05, 0) is 36.6 Å². The monoisotopic (exact) mass is 261 g/mol. The molecule has 0 aromatic heterocycles. The Morgan fingerprint density at radius 2 is 1.65 bits per heavy atom. The van der Waals surface area contributed by atoms with Gasteiger partial charge in [0.25, 0.3) is 0 Å². The van der Waals surface area contributed by atoms with Gasteiger partial charge in [-0.2, -0.15) is 5.26 Å². The molecule has 0 fully saturated rings. The summed E-state index contributed by atoms with van der Waals surface area (Å²) in [4.78, 5) is 11.2. The summed E-state index contributed by atoms with van der Waals surface area (Å²) in [6, 6.07) is 15.4. The molecule has 0 amide bonds. The molecule has 0 saturated carbocycles. The lowest BCUT2D eigenvalue weighted by Gasteiger charge is -2.00. The number of nitriles is 1. The lowest BCUT2D eigenvalue weighted by Crippen LogP contribution is -1.90. The van der Waals surface area contributed by atoms with Gasteiger partial charge in [0, 0.05) is 5.56 Å². The molecular formula is C18H15NO. The van der Waals surface area contributed by atoms with E-state index in [0.717, 1.165) is 16.7 Å². The van der Waals surface area contributed by atoms with Gasteiger partial charge in [0.15, 0.2) is 5.78 Å². The highest BCUT2D eigenvalue weighted by molar-refractivity contribution is 5.94. The summed E-state index contributed by atoms with van der Waals surface area (Å²) in [5, 5.41) is 9.00. The van der Waals surface area contributed by atoms with Crippen LogP contribution in [0, 0.1) is 18.3 Å². The second-order valence-corrected chi connectivity index (χ2v) is 4.70. The van der Waals surface area contributed by atoms with Crippen LogP contribution in [0.2, 0.25) is 0 Å². The van der Waals surface area contributed by atoms with Crippen LogP contribution in [-0.2, 0) is 0 Å². The Bertz CT molecular complexity index is 703. The zero-order valence-corrected chi connectivity index (χ0v) is 11.6. The Labute approximate surface area is 119 Å². The van der Waals surface area contributed by atoms with Gasteiger partial charge in [-0.15, -0.1) is 0 Å². The number of ketones is 1. The molecule has 0 N–H and O–H groups in total. The molecule has 0 saturated heterocycles. The van der Waals surface area contributed by atoms with Gasteiger partial charge in [0.05, 0.1) is 11.6 Å². The van der Waals surface area contributed by atoms with Crippen molar-refractivity contribution in [3.8, 4) is 6.07 Å². The average Bonchev–Trinajstić information content (AvgIpc) is 2.46. The van der Waals surface area contributed by atoms with Crippen molar-refractivity contribution >= 4 is 17.9 Å². The predicted octanol–water partition coefficient (Wildman–Crippen LogP) is 4.24. The first kappa shape index (κ1) is 13.8. The number of Topliss-reactive ketones (excluding diaryl/α,β-unsaturated/α-hetero) is 1. The minimum atomic E-state index is 0.0673. The van der Waals surface area contributed by atoms with Gasteiger partial charge in [-0.25, -0.2) is 0 Å². The molecular weight excluding hydrogens is 246 g/mol. The normalized spacial score (nSPS) is 10.4. The fourth-order valence-electron chi connectivity index (χ4n) is 1.89. The lowest BCUT2D eigenvalue weighted by molar-refractivity contribution is 0.101. The minimum Gasteiger partial charge on any atom is -0.295 e. The van der Waals surface area contributed by atoms with E-state index in [9.17, 15) is 4.79 Å². The molecule has 0 spiro atoms. The molecule has 2 rings (SSSR count). The largest absolute Gasteiger partial charge is 0.295 e. The fraction of sp³-hybridized carbons (Fsp3) is 0.111. The molecule has 2 aromatic carbocycles. The SMILES string of the molecule is CC(=O)c1ccc(C=Cc2ccc(C)c(C#N)c2)cc1. The number of aryl methyl sites for hydroxylation is 1. The van der Waals surface area contributed by atoms with Gasteiger partial charge in [0.2, 0.25) is 0 Å². The van der Waals surface area contributed by atoms with E-state index in [1.165, 1.54) is 0 Å². The summed E-state index contributed by atoms with van der Waals surface area (Å²) in [7, 11) is 0. The molecule has 0 heterocycles. The molecule has 0 aliphatic rings. The predicted molar refractivity (Wildman–Crippen MR) is 81.3 cm³/mol. The molecule has 0 aliphatic carbocycles. The number of carbonyl (C=O) groups is 1. The summed E-state index contributed by atoms with van der Waals surface area (Å²) < 4.78 is 0. The van der Waals surface area contributed by atoms with Gasteiger partial charge in [-0.3, -0.25) is 4.79 Å². The van der Waals surface area contributed by atoms with Crippen molar-refractivity contribution < 1.29 is 4.79 Å². The number of benzene rings is 2. The van der Waals surface area contributed by atoms with E-state index in [4.69, 9.17) is 5.26 Å². The quantitative estimate of drug-likeness (QED) is 0.612. The van der Waals surface area contributed by atoms with Crippen molar-refractivity contribution in [1.82, 2.24) is 0 Å². The van der Waals surface area contributed by atoms with Crippen molar-refractivity contribution in [3.05, 3.63) is 70.3 Å². The maximum atomic E-state index is 11.2. The van der Waals surface area contributed by atoms with E-state index in [1.807, 2.05) is 61.5 Å². The summed E-state index contributed by atoms with van der Waals surface area (Å²) in [5.41, 5.74) is 4.40. The van der Waals surface area contributed by atoms with E-state index >= 15 is 0 Å². The lowest BCUT2D eigenvalue weighted by atomic mass is 10.0. The third kappa shape index (κ3) is 3.21. The van der Waals surface area contributed by atoms with Crippen LogP contribution in [0.5, 0.6) is 0 Å². The van der Waals surface area contributed by atoms with Crippen molar-refractivity contribution in [2.45, 2.75) is 13.8 Å². The van der Waals surface area contributed by atoms with Crippen LogP contribution in [0.4, 0.5) is 0 Å². The maximum absolute atomic E-state index is 11.2. The Balaban J connectivity index is 2.21. The Hall–Kier alpha value is -2.66. The highest BCUT2D eigenvalue weighted by Crippen LogP contribution is 2.14. The second-order valence-electron chi connectivity index (χ2n) is 4.70. The molecule has 0 aliphatic heterocycles. The number of rotatable bonds is 3. The van der Waals surface area contributed by atoms with Crippen LogP contribution >= 0.6 is 0 Å². The van der Waals surface area contributed by atoms with Crippen LogP contribution in [0.1, 0.15) is 39.5 Å². The smallest absolute Gasteiger partial charge is 0.159 e. The minimum absolute atomic E-state index is 0.0673. The first-order valence-electron chi connectivity index (χ1n) is 6.40. The second kappa shape index (κ2) is 5.99. The van der Waals surface area contributed by atoms with Crippen molar-refractivity contribution in [2.24, 2.45) is 0 Å². The third-order valence-corrected chi connectivity index (χ3v) is 3.17. The van der Waals surface area contributed by atoms with Crippen LogP contribution in [0.25, 0.3) is 12.2 Å². The maximum Gasteiger partial charge on any atom is 0.159 e. The molecule has 0 radical (unpaired) electrons. The molecule has 98 valence electrons. The van der Waals surface area contributed by atoms with Gasteiger partial charge in [0.1, 0.15) is 0 Å². The molecule has 2 heteroatoms. The topological polar surface area (TPSA) is 40.9 Å². The average molecular weight is 261 g/mol. The summed E-state index contributed by atoms with van der Waals surface area (Å²) in [5.74, 6) is 0.0673. The fourth-order valence-corrected chi connectivity index (χ4v) is 1.89. The van der Waals surface area contributed by atoms with Crippen LogP contribution < -0.4 is 0 Å². The summed E-state index contributed by atoms with van der Waals surface area (Å²) >= 11 is 0. The van der Waals surface area contributed by atoms with Gasteiger partial charge >= 0.3 is 0 Å². The summed E-state index contributed by atoms with van der Waals surface area (Å²) in [6.07, 6.45) is 3.93. The Morgan fingerprint density at radius 3 is 2.25 bits per heavy atom. The summed E-state index contributed by atoms with van der Waals surface area (Å²) in [6.45, 7) is 3.48. The molecule has 0 unspecified atom stereocenters. The molecule has 20 heavy (non-hydrogen) atoms. The molecule has 2 aromatic rings. The zero-order valence-electron chi connectivity index (χ0n) is 11.6. The number of hydrogen-bond donors (Lipinski definition) is 0. The van der Waals surface area contributed by atoms with Gasteiger partial charge < -0.3 is 0 Å². The van der Waals surface area contributed by atoms with Crippen LogP contribution in [0.15, 0.2) is 42.5 Å². The van der Waals surface area contributed by atoms with E-state index in [2.05, 4.69) is 6.07 Å². The van der Waals surface area contributed by atoms with Gasteiger partial charge in [-0.1, -0.05) is 48.6 Å². The van der Waals surface area contributed by atoms with E-state index in [-0.39, 0.29) is 5.78 Å².